The van der Waals surface area contributed by atoms with Crippen LogP contribution >= 0.6 is 0 Å². The molecule has 192 valence electrons. The monoisotopic (exact) mass is 505 g/mol. The lowest BCUT2D eigenvalue weighted by Gasteiger charge is -2.12. The number of aryl methyl sites for hydroxylation is 1. The Morgan fingerprint density at radius 3 is 2.46 bits per heavy atom. The number of aromatic nitrogens is 4. The molecule has 0 fully saturated rings. The Hall–Kier alpha value is -4.80. The maximum absolute atomic E-state index is 12.9. The van der Waals surface area contributed by atoms with Crippen LogP contribution in [0.5, 0.6) is 17.2 Å². The van der Waals surface area contributed by atoms with Gasteiger partial charge in [0, 0.05) is 23.4 Å². The van der Waals surface area contributed by atoms with Gasteiger partial charge in [-0.15, -0.1) is 0 Å². The number of carbonyl (C=O) groups excluding carboxylic acids is 1. The average Bonchev–Trinajstić information content (AvgIpc) is 3.57. The van der Waals surface area contributed by atoms with Gasteiger partial charge in [-0.25, -0.2) is 4.98 Å². The normalized spacial score (nSPS) is 11.1. The number of hydrogen-bond donors (Lipinski definition) is 2. The van der Waals surface area contributed by atoms with Crippen molar-refractivity contribution in [3.8, 4) is 34.7 Å². The molecule has 1 amide bonds. The van der Waals surface area contributed by atoms with E-state index in [0.29, 0.717) is 51.9 Å². The summed E-state index contributed by atoms with van der Waals surface area (Å²) in [6.07, 6.45) is 5.02. The second-order valence-corrected chi connectivity index (χ2v) is 7.89. The van der Waals surface area contributed by atoms with Crippen LogP contribution in [0.1, 0.15) is 23.7 Å². The van der Waals surface area contributed by atoms with Crippen molar-refractivity contribution in [2.45, 2.75) is 20.3 Å². The highest BCUT2D eigenvalue weighted by molar-refractivity contribution is 6.01. The van der Waals surface area contributed by atoms with Gasteiger partial charge < -0.3 is 23.9 Å². The Morgan fingerprint density at radius 1 is 1.16 bits per heavy atom. The molecule has 0 aliphatic carbocycles. The molecule has 0 saturated heterocycles. The summed E-state index contributed by atoms with van der Waals surface area (Å²) < 4.78 is 22.9. The number of furan rings is 1. The van der Waals surface area contributed by atoms with Crippen LogP contribution in [0.2, 0.25) is 0 Å². The van der Waals surface area contributed by atoms with Crippen LogP contribution in [-0.4, -0.2) is 47.0 Å². The van der Waals surface area contributed by atoms with E-state index < -0.39 is 5.91 Å². The molecule has 0 atom stereocenters. The minimum Gasteiger partial charge on any atom is -0.493 e. The fourth-order valence-corrected chi connectivity index (χ4v) is 3.83. The number of carbonyl (C=O) groups is 1. The number of rotatable bonds is 9. The number of ether oxygens (including phenoxy) is 3. The van der Waals surface area contributed by atoms with Gasteiger partial charge in [0.2, 0.25) is 17.6 Å². The van der Waals surface area contributed by atoms with E-state index in [1.165, 1.54) is 38.4 Å². The van der Waals surface area contributed by atoms with Crippen LogP contribution in [0.15, 0.2) is 51.9 Å². The van der Waals surface area contributed by atoms with Crippen LogP contribution in [0.3, 0.4) is 0 Å². The van der Waals surface area contributed by atoms with Gasteiger partial charge in [0.1, 0.15) is 11.5 Å². The molecule has 3 aromatic heterocycles. The fourth-order valence-electron chi connectivity index (χ4n) is 3.83. The highest BCUT2D eigenvalue weighted by atomic mass is 16.5. The SMILES string of the molecule is CCc1c(C)nc(-n2nc(-c3ccco3)cc2NC(=O)/C=C\c2cc(OC)c(OC)c(OC)c2)[nH]c1=O. The van der Waals surface area contributed by atoms with Crippen LogP contribution in [-0.2, 0) is 11.2 Å². The van der Waals surface area contributed by atoms with E-state index in [0.717, 1.165) is 0 Å². The van der Waals surface area contributed by atoms with Crippen molar-refractivity contribution >= 4 is 17.8 Å². The highest BCUT2D eigenvalue weighted by Gasteiger charge is 2.18. The molecule has 0 radical (unpaired) electrons. The Labute approximate surface area is 212 Å². The van der Waals surface area contributed by atoms with Crippen molar-refractivity contribution in [1.29, 1.82) is 0 Å². The van der Waals surface area contributed by atoms with E-state index in [9.17, 15) is 9.59 Å². The third-order valence-corrected chi connectivity index (χ3v) is 5.61. The summed E-state index contributed by atoms with van der Waals surface area (Å²) >= 11 is 0. The van der Waals surface area contributed by atoms with Crippen LogP contribution < -0.4 is 25.1 Å². The van der Waals surface area contributed by atoms with Crippen molar-refractivity contribution in [2.24, 2.45) is 0 Å². The average molecular weight is 506 g/mol. The second kappa shape index (κ2) is 10.9. The molecule has 0 spiro atoms. The first kappa shape index (κ1) is 25.3. The number of H-pyrrole nitrogens is 1. The number of nitrogens with zero attached hydrogens (tertiary/aromatic N) is 3. The predicted molar refractivity (Wildman–Crippen MR) is 138 cm³/mol. The molecule has 4 aromatic rings. The maximum Gasteiger partial charge on any atom is 0.255 e. The quantitative estimate of drug-likeness (QED) is 0.329. The molecule has 1 aromatic carbocycles. The van der Waals surface area contributed by atoms with Crippen molar-refractivity contribution in [3.05, 3.63) is 69.8 Å². The van der Waals surface area contributed by atoms with Crippen LogP contribution in [0, 0.1) is 6.92 Å². The number of anilines is 1. The Bertz CT molecular complexity index is 1480. The third kappa shape index (κ3) is 5.25. The number of aromatic amines is 1. The van der Waals surface area contributed by atoms with Gasteiger partial charge in [-0.1, -0.05) is 6.92 Å². The minimum absolute atomic E-state index is 0.168. The standard InChI is InChI=1S/C26H27N5O6/c1-6-17-15(2)27-26(29-25(17)33)31-22(14-18(30-31)19-8-7-11-37-19)28-23(32)10-9-16-12-20(34-3)24(36-5)21(13-16)35-4/h7-14H,6H2,1-5H3,(H,28,32)(H,27,29,33)/b10-9-. The van der Waals surface area contributed by atoms with Gasteiger partial charge in [0.15, 0.2) is 17.3 Å². The molecule has 0 saturated carbocycles. The number of amides is 1. The van der Waals surface area contributed by atoms with E-state index in [1.807, 2.05) is 6.92 Å². The fraction of sp³-hybridized carbons (Fsp3) is 0.231. The van der Waals surface area contributed by atoms with E-state index >= 15 is 0 Å². The van der Waals surface area contributed by atoms with E-state index in [4.69, 9.17) is 18.6 Å². The number of hydrogen-bond acceptors (Lipinski definition) is 8. The summed E-state index contributed by atoms with van der Waals surface area (Å²) in [7, 11) is 4.55. The summed E-state index contributed by atoms with van der Waals surface area (Å²) in [6, 6.07) is 8.54. The Morgan fingerprint density at radius 2 is 1.89 bits per heavy atom. The lowest BCUT2D eigenvalue weighted by molar-refractivity contribution is -0.111. The Balaban J connectivity index is 1.67. The summed E-state index contributed by atoms with van der Waals surface area (Å²) in [5.41, 5.74) is 2.01. The van der Waals surface area contributed by atoms with Gasteiger partial charge in [-0.3, -0.25) is 14.6 Å². The zero-order chi connectivity index (χ0) is 26.5. The zero-order valence-electron chi connectivity index (χ0n) is 21.1. The number of benzene rings is 1. The molecule has 37 heavy (non-hydrogen) atoms. The first-order valence-corrected chi connectivity index (χ1v) is 11.4. The molecular formula is C26H27N5O6. The first-order chi connectivity index (χ1) is 17.9. The summed E-state index contributed by atoms with van der Waals surface area (Å²) in [4.78, 5) is 32.7. The number of methoxy groups -OCH3 is 3. The topological polar surface area (TPSA) is 134 Å². The largest absolute Gasteiger partial charge is 0.493 e. The predicted octanol–water partition coefficient (Wildman–Crippen LogP) is 3.76. The molecule has 11 heteroatoms. The smallest absolute Gasteiger partial charge is 0.255 e. The molecule has 3 heterocycles. The molecule has 0 aliphatic rings. The van der Waals surface area contributed by atoms with Crippen LogP contribution in [0.4, 0.5) is 5.82 Å². The van der Waals surface area contributed by atoms with Crippen molar-refractivity contribution in [2.75, 3.05) is 26.6 Å². The minimum atomic E-state index is -0.440. The van der Waals surface area contributed by atoms with Gasteiger partial charge in [0.05, 0.1) is 27.6 Å². The Kier molecular flexibility index (Phi) is 7.42. The van der Waals surface area contributed by atoms with Gasteiger partial charge in [-0.05, 0) is 49.2 Å². The van der Waals surface area contributed by atoms with Crippen molar-refractivity contribution < 1.29 is 23.4 Å². The molecule has 0 aliphatic heterocycles. The summed E-state index contributed by atoms with van der Waals surface area (Å²) in [5, 5.41) is 7.29. The molecule has 0 unspecified atom stereocenters. The van der Waals surface area contributed by atoms with Gasteiger partial charge >= 0.3 is 0 Å². The van der Waals surface area contributed by atoms with E-state index in [2.05, 4.69) is 20.4 Å². The lowest BCUT2D eigenvalue weighted by atomic mass is 10.1. The van der Waals surface area contributed by atoms with Crippen LogP contribution in [0.25, 0.3) is 23.5 Å². The van der Waals surface area contributed by atoms with Crippen molar-refractivity contribution in [3.63, 3.8) is 0 Å². The highest BCUT2D eigenvalue weighted by Crippen LogP contribution is 2.38. The summed E-state index contributed by atoms with van der Waals surface area (Å²) in [6.45, 7) is 3.64. The maximum atomic E-state index is 12.9. The van der Waals surface area contributed by atoms with Gasteiger partial charge in [-0.2, -0.15) is 9.78 Å². The number of nitrogens with one attached hydrogen (secondary N) is 2. The second-order valence-electron chi connectivity index (χ2n) is 7.89. The summed E-state index contributed by atoms with van der Waals surface area (Å²) in [5.74, 6) is 1.88. The van der Waals surface area contributed by atoms with Gasteiger partial charge in [0.25, 0.3) is 5.56 Å². The molecule has 11 nitrogen and oxygen atoms in total. The molecule has 4 rings (SSSR count). The zero-order valence-corrected chi connectivity index (χ0v) is 21.1. The first-order valence-electron chi connectivity index (χ1n) is 11.4. The van der Waals surface area contributed by atoms with E-state index in [-0.39, 0.29) is 17.3 Å². The van der Waals surface area contributed by atoms with Crippen molar-refractivity contribution in [1.82, 2.24) is 19.7 Å². The molecular weight excluding hydrogens is 478 g/mol. The molecule has 2 N–H and O–H groups in total. The van der Waals surface area contributed by atoms with E-state index in [1.54, 1.807) is 43.3 Å². The molecule has 0 bridgehead atoms. The lowest BCUT2D eigenvalue weighted by Crippen LogP contribution is -2.21. The third-order valence-electron chi connectivity index (χ3n) is 5.61.